The fourth-order valence-corrected chi connectivity index (χ4v) is 1.94. The minimum atomic E-state index is -1.10. The highest BCUT2D eigenvalue weighted by Gasteiger charge is 2.28. The average molecular weight is 236 g/mol. The van der Waals surface area contributed by atoms with Crippen molar-refractivity contribution in [1.29, 1.82) is 0 Å². The summed E-state index contributed by atoms with van der Waals surface area (Å²) in [5, 5.41) is 18.4. The van der Waals surface area contributed by atoms with Crippen molar-refractivity contribution in [2.45, 2.75) is 33.1 Å². The molecule has 0 aromatic heterocycles. The molecule has 4 nitrogen and oxygen atoms in total. The highest BCUT2D eigenvalue weighted by molar-refractivity contribution is 5.98. The number of carboxylic acids is 2. The van der Waals surface area contributed by atoms with E-state index in [0.29, 0.717) is 11.1 Å². The lowest BCUT2D eigenvalue weighted by Gasteiger charge is -2.24. The second kappa shape index (κ2) is 4.20. The average Bonchev–Trinajstić information content (AvgIpc) is 2.14. The third kappa shape index (κ3) is 2.46. The van der Waals surface area contributed by atoms with E-state index in [1.807, 2.05) is 0 Å². The van der Waals surface area contributed by atoms with Gasteiger partial charge < -0.3 is 10.2 Å². The van der Waals surface area contributed by atoms with Gasteiger partial charge in [-0.25, -0.2) is 9.59 Å². The van der Waals surface area contributed by atoms with Crippen LogP contribution in [0.4, 0.5) is 0 Å². The van der Waals surface area contributed by atoms with Gasteiger partial charge in [-0.2, -0.15) is 0 Å². The molecule has 0 radical (unpaired) electrons. The van der Waals surface area contributed by atoms with Gasteiger partial charge in [0.05, 0.1) is 11.1 Å². The van der Waals surface area contributed by atoms with Crippen molar-refractivity contribution in [2.24, 2.45) is 0 Å². The van der Waals surface area contributed by atoms with E-state index in [-0.39, 0.29) is 11.1 Å². The van der Waals surface area contributed by atoms with Crippen molar-refractivity contribution in [2.75, 3.05) is 0 Å². The molecule has 0 unspecified atom stereocenters. The van der Waals surface area contributed by atoms with Crippen LogP contribution in [0.1, 0.15) is 52.6 Å². The first kappa shape index (κ1) is 13.2. The Balaban J connectivity index is 3.75. The maximum atomic E-state index is 11.3. The first-order chi connectivity index (χ1) is 7.66. The molecule has 0 saturated carbocycles. The van der Waals surface area contributed by atoms with Crippen molar-refractivity contribution in [3.63, 3.8) is 0 Å². The molecule has 0 heterocycles. The highest BCUT2D eigenvalue weighted by Crippen LogP contribution is 2.31. The second-order valence-corrected chi connectivity index (χ2v) is 5.04. The fourth-order valence-electron chi connectivity index (χ4n) is 1.94. The van der Waals surface area contributed by atoms with E-state index in [1.54, 1.807) is 27.7 Å². The molecule has 0 amide bonds. The zero-order valence-electron chi connectivity index (χ0n) is 10.4. The molecule has 1 aromatic rings. The molecule has 2 N–H and O–H groups in total. The van der Waals surface area contributed by atoms with Crippen molar-refractivity contribution in [3.05, 3.63) is 34.4 Å². The Morgan fingerprint density at radius 2 is 1.59 bits per heavy atom. The van der Waals surface area contributed by atoms with Crippen LogP contribution >= 0.6 is 0 Å². The summed E-state index contributed by atoms with van der Waals surface area (Å²) >= 11 is 0. The SMILES string of the molecule is Cc1ccc(C(=O)O)c(C(C)(C)C)c1C(=O)O. The van der Waals surface area contributed by atoms with E-state index in [0.717, 1.165) is 0 Å². The van der Waals surface area contributed by atoms with E-state index in [1.165, 1.54) is 12.1 Å². The number of rotatable bonds is 2. The summed E-state index contributed by atoms with van der Waals surface area (Å²) in [5.41, 5.74) is 0.566. The molecular formula is C13H16O4. The Bertz CT molecular complexity index is 481. The van der Waals surface area contributed by atoms with Crippen LogP contribution in [0.25, 0.3) is 0 Å². The zero-order chi connectivity index (χ0) is 13.4. The predicted molar refractivity (Wildman–Crippen MR) is 63.8 cm³/mol. The van der Waals surface area contributed by atoms with Gasteiger partial charge in [-0.1, -0.05) is 26.8 Å². The molecule has 0 aliphatic carbocycles. The first-order valence-corrected chi connectivity index (χ1v) is 5.27. The Morgan fingerprint density at radius 3 is 1.94 bits per heavy atom. The molecule has 0 fully saturated rings. The molecule has 0 aliphatic rings. The largest absolute Gasteiger partial charge is 0.478 e. The van der Waals surface area contributed by atoms with Gasteiger partial charge in [0.2, 0.25) is 0 Å². The van der Waals surface area contributed by atoms with Crippen LogP contribution in [0, 0.1) is 6.92 Å². The van der Waals surface area contributed by atoms with E-state index in [9.17, 15) is 14.7 Å². The van der Waals surface area contributed by atoms with Gasteiger partial charge in [0, 0.05) is 0 Å². The van der Waals surface area contributed by atoms with Crippen LogP contribution in [-0.2, 0) is 5.41 Å². The fraction of sp³-hybridized carbons (Fsp3) is 0.385. The summed E-state index contributed by atoms with van der Waals surface area (Å²) < 4.78 is 0. The van der Waals surface area contributed by atoms with Crippen molar-refractivity contribution >= 4 is 11.9 Å². The monoisotopic (exact) mass is 236 g/mol. The zero-order valence-corrected chi connectivity index (χ0v) is 10.4. The van der Waals surface area contributed by atoms with Gasteiger partial charge in [0.1, 0.15) is 0 Å². The van der Waals surface area contributed by atoms with E-state index in [2.05, 4.69) is 0 Å². The standard InChI is InChI=1S/C13H16O4/c1-7-5-6-8(11(14)15)10(13(2,3)4)9(7)12(16)17/h5-6H,1-4H3,(H,14,15)(H,16,17). The topological polar surface area (TPSA) is 74.6 Å². The molecule has 1 aromatic carbocycles. The van der Waals surface area contributed by atoms with Gasteiger partial charge in [0.15, 0.2) is 0 Å². The Labute approximate surface area is 99.9 Å². The quantitative estimate of drug-likeness (QED) is 0.827. The Morgan fingerprint density at radius 1 is 1.06 bits per heavy atom. The molecule has 0 bridgehead atoms. The highest BCUT2D eigenvalue weighted by atomic mass is 16.4. The molecule has 92 valence electrons. The lowest BCUT2D eigenvalue weighted by molar-refractivity contribution is 0.0692. The summed E-state index contributed by atoms with van der Waals surface area (Å²) in [5.74, 6) is -2.19. The minimum Gasteiger partial charge on any atom is -0.478 e. The van der Waals surface area contributed by atoms with Crippen molar-refractivity contribution in [1.82, 2.24) is 0 Å². The maximum absolute atomic E-state index is 11.3. The van der Waals surface area contributed by atoms with Gasteiger partial charge >= 0.3 is 11.9 Å². The summed E-state index contributed by atoms with van der Waals surface area (Å²) in [4.78, 5) is 22.4. The third-order valence-electron chi connectivity index (χ3n) is 2.61. The van der Waals surface area contributed by atoms with E-state index < -0.39 is 17.4 Å². The third-order valence-corrected chi connectivity index (χ3v) is 2.61. The molecule has 0 spiro atoms. The second-order valence-electron chi connectivity index (χ2n) is 5.04. The van der Waals surface area contributed by atoms with Gasteiger partial charge in [-0.3, -0.25) is 0 Å². The summed E-state index contributed by atoms with van der Waals surface area (Å²) in [6, 6.07) is 2.99. The molecule has 17 heavy (non-hydrogen) atoms. The molecule has 1 rings (SSSR count). The minimum absolute atomic E-state index is 0.0560. The number of aryl methyl sites for hydroxylation is 1. The molecular weight excluding hydrogens is 220 g/mol. The number of carbonyl (C=O) groups is 2. The Hall–Kier alpha value is -1.84. The number of hydrogen-bond acceptors (Lipinski definition) is 2. The van der Waals surface area contributed by atoms with E-state index >= 15 is 0 Å². The smallest absolute Gasteiger partial charge is 0.336 e. The van der Waals surface area contributed by atoms with Crippen LogP contribution < -0.4 is 0 Å². The summed E-state index contributed by atoms with van der Waals surface area (Å²) in [6.45, 7) is 7.09. The predicted octanol–water partition coefficient (Wildman–Crippen LogP) is 2.69. The van der Waals surface area contributed by atoms with Crippen molar-refractivity contribution in [3.8, 4) is 0 Å². The van der Waals surface area contributed by atoms with Crippen molar-refractivity contribution < 1.29 is 19.8 Å². The van der Waals surface area contributed by atoms with Crippen LogP contribution in [0.15, 0.2) is 12.1 Å². The lowest BCUT2D eigenvalue weighted by Crippen LogP contribution is -2.22. The van der Waals surface area contributed by atoms with Crippen LogP contribution in [0.2, 0.25) is 0 Å². The maximum Gasteiger partial charge on any atom is 0.336 e. The van der Waals surface area contributed by atoms with Gasteiger partial charge in [-0.05, 0) is 29.5 Å². The number of carboxylic acid groups (broad SMARTS) is 2. The molecule has 4 heteroatoms. The summed E-state index contributed by atoms with van der Waals surface area (Å²) in [7, 11) is 0. The number of benzene rings is 1. The van der Waals surface area contributed by atoms with Gasteiger partial charge in [0.25, 0.3) is 0 Å². The van der Waals surface area contributed by atoms with Crippen LogP contribution in [-0.4, -0.2) is 22.2 Å². The van der Waals surface area contributed by atoms with Gasteiger partial charge in [-0.15, -0.1) is 0 Å². The van der Waals surface area contributed by atoms with Crippen LogP contribution in [0.3, 0.4) is 0 Å². The molecule has 0 saturated heterocycles. The molecule has 0 aliphatic heterocycles. The summed E-state index contributed by atoms with van der Waals surface area (Å²) in [6.07, 6.45) is 0. The Kier molecular flexibility index (Phi) is 3.27. The number of aromatic carboxylic acids is 2. The van der Waals surface area contributed by atoms with Crippen LogP contribution in [0.5, 0.6) is 0 Å². The van der Waals surface area contributed by atoms with E-state index in [4.69, 9.17) is 5.11 Å². The number of hydrogen-bond donors (Lipinski definition) is 2. The first-order valence-electron chi connectivity index (χ1n) is 5.27. The normalized spacial score (nSPS) is 11.3. The molecule has 0 atom stereocenters. The lowest BCUT2D eigenvalue weighted by atomic mass is 9.79.